The lowest BCUT2D eigenvalue weighted by Crippen LogP contribution is -2.33. The second-order valence-electron chi connectivity index (χ2n) is 6.11. The molecule has 0 spiro atoms. The summed E-state index contributed by atoms with van der Waals surface area (Å²) in [6.45, 7) is 7.56. The van der Waals surface area contributed by atoms with E-state index < -0.39 is 11.5 Å². The Morgan fingerprint density at radius 2 is 2.10 bits per heavy atom. The van der Waals surface area contributed by atoms with Gasteiger partial charge in [-0.3, -0.25) is 9.59 Å². The summed E-state index contributed by atoms with van der Waals surface area (Å²) in [5.41, 5.74) is 0.959. The first-order valence-electron chi connectivity index (χ1n) is 6.76. The lowest BCUT2D eigenvalue weighted by molar-refractivity contribution is -0.155. The number of hydrogen-bond acceptors (Lipinski definition) is 4. The van der Waals surface area contributed by atoms with Crippen molar-refractivity contribution in [3.05, 3.63) is 29.3 Å². The van der Waals surface area contributed by atoms with Crippen LogP contribution in [0.5, 0.6) is 5.75 Å². The zero-order valence-electron chi connectivity index (χ0n) is 12.4. The largest absolute Gasteiger partial charge is 0.492 e. The Bertz CT molecular complexity index is 540. The third-order valence-corrected chi connectivity index (χ3v) is 3.11. The Morgan fingerprint density at radius 3 is 2.75 bits per heavy atom. The second-order valence-corrected chi connectivity index (χ2v) is 6.11. The molecule has 0 amide bonds. The highest BCUT2D eigenvalue weighted by molar-refractivity contribution is 6.03. The van der Waals surface area contributed by atoms with Crippen LogP contribution in [0.2, 0.25) is 0 Å². The molecule has 1 atom stereocenters. The van der Waals surface area contributed by atoms with E-state index in [1.54, 1.807) is 6.07 Å². The Balaban J connectivity index is 2.10. The molecule has 0 unspecified atom stereocenters. The van der Waals surface area contributed by atoms with Gasteiger partial charge in [0.25, 0.3) is 0 Å². The van der Waals surface area contributed by atoms with Crippen LogP contribution in [0.15, 0.2) is 18.2 Å². The van der Waals surface area contributed by atoms with Gasteiger partial charge in [-0.05, 0) is 39.3 Å². The predicted octanol–water partition coefficient (Wildman–Crippen LogP) is 2.92. The van der Waals surface area contributed by atoms with E-state index in [1.807, 2.05) is 39.8 Å². The fourth-order valence-corrected chi connectivity index (χ4v) is 2.25. The van der Waals surface area contributed by atoms with Gasteiger partial charge in [-0.2, -0.15) is 0 Å². The number of hydrogen-bond donors (Lipinski definition) is 0. The number of Topliss-reactive ketones (excluding diaryl/α,β-unsaturated/α-hetero) is 1. The molecule has 20 heavy (non-hydrogen) atoms. The van der Waals surface area contributed by atoms with Crippen LogP contribution >= 0.6 is 0 Å². The van der Waals surface area contributed by atoms with Gasteiger partial charge in [0.05, 0.1) is 24.5 Å². The van der Waals surface area contributed by atoms with Crippen LogP contribution in [0.3, 0.4) is 0 Å². The van der Waals surface area contributed by atoms with Gasteiger partial charge >= 0.3 is 5.97 Å². The summed E-state index contributed by atoms with van der Waals surface area (Å²) in [6, 6.07) is 5.47. The van der Waals surface area contributed by atoms with Gasteiger partial charge in [-0.15, -0.1) is 0 Å². The number of aryl methyl sites for hydroxylation is 1. The standard InChI is InChI=1S/C16H20O4/c1-10-6-5-7-12-14(18)11(9-19-15(10)12)8-13(17)20-16(2,3)4/h5-7,11H,8-9H2,1-4H3/t11-/m1/s1. The molecule has 4 heteroatoms. The molecule has 0 fully saturated rings. The molecule has 1 aliphatic heterocycles. The maximum absolute atomic E-state index is 12.4. The Labute approximate surface area is 119 Å². The molecule has 0 aromatic heterocycles. The van der Waals surface area contributed by atoms with E-state index in [1.165, 1.54) is 0 Å². The average Bonchev–Trinajstić information content (AvgIpc) is 2.31. The van der Waals surface area contributed by atoms with Crippen molar-refractivity contribution >= 4 is 11.8 Å². The molecule has 4 nitrogen and oxygen atoms in total. The number of esters is 1. The third kappa shape index (κ3) is 3.18. The first kappa shape index (κ1) is 14.6. The van der Waals surface area contributed by atoms with Crippen molar-refractivity contribution in [2.45, 2.75) is 39.7 Å². The summed E-state index contributed by atoms with van der Waals surface area (Å²) in [5, 5.41) is 0. The van der Waals surface area contributed by atoms with Gasteiger partial charge in [0.1, 0.15) is 11.4 Å². The summed E-state index contributed by atoms with van der Waals surface area (Å²) < 4.78 is 10.9. The van der Waals surface area contributed by atoms with Gasteiger partial charge in [0, 0.05) is 0 Å². The average molecular weight is 276 g/mol. The van der Waals surface area contributed by atoms with Gasteiger partial charge in [-0.25, -0.2) is 0 Å². The predicted molar refractivity (Wildman–Crippen MR) is 75.0 cm³/mol. The van der Waals surface area contributed by atoms with Crippen molar-refractivity contribution in [1.29, 1.82) is 0 Å². The molecule has 0 bridgehead atoms. The normalized spacial score (nSPS) is 18.2. The molecular formula is C16H20O4. The van der Waals surface area contributed by atoms with Crippen LogP contribution in [0.1, 0.15) is 43.1 Å². The Morgan fingerprint density at radius 1 is 1.40 bits per heavy atom. The molecule has 108 valence electrons. The number of para-hydroxylation sites is 1. The highest BCUT2D eigenvalue weighted by Gasteiger charge is 2.32. The quantitative estimate of drug-likeness (QED) is 0.779. The second kappa shape index (κ2) is 5.27. The minimum absolute atomic E-state index is 0.0409. The summed E-state index contributed by atoms with van der Waals surface area (Å²) in [6.07, 6.45) is 0.0590. The molecule has 1 heterocycles. The van der Waals surface area contributed by atoms with Gasteiger partial charge in [0.15, 0.2) is 5.78 Å². The molecule has 0 aliphatic carbocycles. The summed E-state index contributed by atoms with van der Waals surface area (Å²) in [5.74, 6) is -0.228. The zero-order valence-corrected chi connectivity index (χ0v) is 12.4. The van der Waals surface area contributed by atoms with E-state index in [0.717, 1.165) is 5.56 Å². The van der Waals surface area contributed by atoms with E-state index in [9.17, 15) is 9.59 Å². The molecular weight excluding hydrogens is 256 g/mol. The van der Waals surface area contributed by atoms with E-state index in [2.05, 4.69) is 0 Å². The van der Waals surface area contributed by atoms with Crippen LogP contribution in [-0.4, -0.2) is 24.0 Å². The van der Waals surface area contributed by atoms with Crippen molar-refractivity contribution in [3.8, 4) is 5.75 Å². The topological polar surface area (TPSA) is 52.6 Å². The van der Waals surface area contributed by atoms with Crippen LogP contribution in [-0.2, 0) is 9.53 Å². The summed E-state index contributed by atoms with van der Waals surface area (Å²) >= 11 is 0. The van der Waals surface area contributed by atoms with Gasteiger partial charge in [-0.1, -0.05) is 12.1 Å². The van der Waals surface area contributed by atoms with Crippen molar-refractivity contribution in [1.82, 2.24) is 0 Å². The summed E-state index contributed by atoms with van der Waals surface area (Å²) in [7, 11) is 0. The SMILES string of the molecule is Cc1cccc2c1OC[C@@H](CC(=O)OC(C)(C)C)C2=O. The van der Waals surface area contributed by atoms with Crippen LogP contribution in [0.4, 0.5) is 0 Å². The van der Waals surface area contributed by atoms with Crippen molar-refractivity contribution in [2.75, 3.05) is 6.61 Å². The molecule has 0 saturated heterocycles. The van der Waals surface area contributed by atoms with Crippen LogP contribution in [0.25, 0.3) is 0 Å². The van der Waals surface area contributed by atoms with Crippen molar-refractivity contribution in [3.63, 3.8) is 0 Å². The van der Waals surface area contributed by atoms with E-state index >= 15 is 0 Å². The number of fused-ring (bicyclic) bond motifs is 1. The number of ketones is 1. The maximum atomic E-state index is 12.4. The number of carbonyl (C=O) groups is 2. The number of rotatable bonds is 2. The molecule has 1 aromatic carbocycles. The molecule has 0 saturated carbocycles. The fourth-order valence-electron chi connectivity index (χ4n) is 2.25. The third-order valence-electron chi connectivity index (χ3n) is 3.11. The van der Waals surface area contributed by atoms with E-state index in [4.69, 9.17) is 9.47 Å². The molecule has 1 aliphatic rings. The number of ether oxygens (including phenoxy) is 2. The highest BCUT2D eigenvalue weighted by atomic mass is 16.6. The summed E-state index contributed by atoms with van der Waals surface area (Å²) in [4.78, 5) is 24.2. The van der Waals surface area contributed by atoms with Gasteiger partial charge < -0.3 is 9.47 Å². The maximum Gasteiger partial charge on any atom is 0.307 e. The lowest BCUT2D eigenvalue weighted by Gasteiger charge is -2.26. The first-order chi connectivity index (χ1) is 9.28. The molecule has 0 radical (unpaired) electrons. The monoisotopic (exact) mass is 276 g/mol. The lowest BCUT2D eigenvalue weighted by atomic mass is 9.91. The van der Waals surface area contributed by atoms with Crippen LogP contribution < -0.4 is 4.74 Å². The van der Waals surface area contributed by atoms with Crippen LogP contribution in [0, 0.1) is 12.8 Å². The highest BCUT2D eigenvalue weighted by Crippen LogP contribution is 2.31. The number of benzene rings is 1. The van der Waals surface area contributed by atoms with Crippen molar-refractivity contribution < 1.29 is 19.1 Å². The van der Waals surface area contributed by atoms with Gasteiger partial charge in [0.2, 0.25) is 0 Å². The molecule has 0 N–H and O–H groups in total. The minimum Gasteiger partial charge on any atom is -0.492 e. The zero-order chi connectivity index (χ0) is 14.9. The molecule has 1 aromatic rings. The number of carbonyl (C=O) groups excluding carboxylic acids is 2. The Hall–Kier alpha value is -1.84. The van der Waals surface area contributed by atoms with E-state index in [-0.39, 0.29) is 24.8 Å². The first-order valence-corrected chi connectivity index (χ1v) is 6.76. The fraction of sp³-hybridized carbons (Fsp3) is 0.500. The van der Waals surface area contributed by atoms with Crippen molar-refractivity contribution in [2.24, 2.45) is 5.92 Å². The van der Waals surface area contributed by atoms with E-state index in [0.29, 0.717) is 11.3 Å². The Kier molecular flexibility index (Phi) is 3.84. The minimum atomic E-state index is -0.538. The molecule has 2 rings (SSSR count). The smallest absolute Gasteiger partial charge is 0.307 e.